The number of nitrogens with two attached hydrogens (primary N) is 1. The first kappa shape index (κ1) is 22.0. The van der Waals surface area contributed by atoms with E-state index >= 15 is 0 Å². The first-order valence-electron chi connectivity index (χ1n) is 10.7. The van der Waals surface area contributed by atoms with Crippen LogP contribution in [-0.4, -0.2) is 25.2 Å². The quantitative estimate of drug-likeness (QED) is 0.524. The van der Waals surface area contributed by atoms with Gasteiger partial charge in [0, 0.05) is 12.1 Å². The predicted molar refractivity (Wildman–Crippen MR) is 128 cm³/mol. The van der Waals surface area contributed by atoms with E-state index in [9.17, 15) is 13.2 Å². The van der Waals surface area contributed by atoms with Crippen LogP contribution in [0.2, 0.25) is 0 Å². The molecule has 1 unspecified atom stereocenters. The molecule has 0 saturated heterocycles. The number of nitrogens with one attached hydrogen (secondary N) is 1. The van der Waals surface area contributed by atoms with Crippen LogP contribution in [0.5, 0.6) is 0 Å². The molecule has 7 heteroatoms. The molecule has 0 aliphatic heterocycles. The van der Waals surface area contributed by atoms with Gasteiger partial charge in [-0.3, -0.25) is 4.79 Å². The molecule has 3 aromatic rings. The topological polar surface area (TPSA) is 92.5 Å². The van der Waals surface area contributed by atoms with Crippen molar-refractivity contribution in [2.24, 2.45) is 0 Å². The number of carbonyl (C=O) groups excluding carboxylic acids is 1. The van der Waals surface area contributed by atoms with E-state index in [1.54, 1.807) is 22.5 Å². The molecule has 6 nitrogen and oxygen atoms in total. The number of para-hydroxylation sites is 2. The van der Waals surface area contributed by atoms with Gasteiger partial charge in [0.15, 0.2) is 0 Å². The van der Waals surface area contributed by atoms with Gasteiger partial charge in [0.2, 0.25) is 10.0 Å². The second-order valence-corrected chi connectivity index (χ2v) is 9.88. The number of nitrogens with zero attached hydrogens (tertiary/aromatic N) is 1. The third-order valence-corrected chi connectivity index (χ3v) is 7.79. The van der Waals surface area contributed by atoms with Crippen molar-refractivity contribution in [1.82, 2.24) is 4.31 Å². The number of hydrogen-bond acceptors (Lipinski definition) is 4. The lowest BCUT2D eigenvalue weighted by Gasteiger charge is -2.28. The summed E-state index contributed by atoms with van der Waals surface area (Å²) < 4.78 is 28.0. The molecule has 32 heavy (non-hydrogen) atoms. The number of benzene rings is 3. The lowest BCUT2D eigenvalue weighted by molar-refractivity contribution is 0.102. The van der Waals surface area contributed by atoms with E-state index < -0.39 is 10.0 Å². The van der Waals surface area contributed by atoms with Crippen LogP contribution < -0.4 is 11.1 Å². The summed E-state index contributed by atoms with van der Waals surface area (Å²) in [5.41, 5.74) is 10.3. The summed E-state index contributed by atoms with van der Waals surface area (Å²) >= 11 is 0. The number of anilines is 2. The van der Waals surface area contributed by atoms with Gasteiger partial charge in [-0.1, -0.05) is 55.5 Å². The molecule has 0 heterocycles. The van der Waals surface area contributed by atoms with E-state index in [1.807, 2.05) is 61.5 Å². The summed E-state index contributed by atoms with van der Waals surface area (Å²) in [7, 11) is -3.48. The summed E-state index contributed by atoms with van der Waals surface area (Å²) in [4.78, 5) is 12.7. The van der Waals surface area contributed by atoms with Crippen molar-refractivity contribution in [2.45, 2.75) is 31.6 Å². The average Bonchev–Trinajstić information content (AvgIpc) is 3.19. The highest BCUT2D eigenvalue weighted by Crippen LogP contribution is 2.38. The molecule has 0 bridgehead atoms. The molecular weight excluding hydrogens is 422 g/mol. The van der Waals surface area contributed by atoms with E-state index in [4.69, 9.17) is 5.73 Å². The van der Waals surface area contributed by atoms with Crippen LogP contribution in [0, 0.1) is 0 Å². The SMILES string of the molecule is CCN(C1CCc2cc(C(=O)Nc3ccccc3N)ccc21)S(=O)(=O)Cc1ccccc1. The van der Waals surface area contributed by atoms with E-state index in [2.05, 4.69) is 5.32 Å². The van der Waals surface area contributed by atoms with Crippen molar-refractivity contribution in [3.05, 3.63) is 95.1 Å². The summed E-state index contributed by atoms with van der Waals surface area (Å²) in [6.45, 7) is 2.27. The van der Waals surface area contributed by atoms with E-state index in [0.717, 1.165) is 23.1 Å². The third kappa shape index (κ3) is 4.54. The van der Waals surface area contributed by atoms with Crippen LogP contribution in [0.15, 0.2) is 72.8 Å². The van der Waals surface area contributed by atoms with Crippen LogP contribution in [0.1, 0.15) is 46.4 Å². The molecule has 4 rings (SSSR count). The molecule has 0 radical (unpaired) electrons. The van der Waals surface area contributed by atoms with Crippen LogP contribution in [0.4, 0.5) is 11.4 Å². The van der Waals surface area contributed by atoms with Crippen molar-refractivity contribution < 1.29 is 13.2 Å². The second-order valence-electron chi connectivity index (χ2n) is 7.95. The largest absolute Gasteiger partial charge is 0.397 e. The third-order valence-electron chi connectivity index (χ3n) is 5.87. The minimum Gasteiger partial charge on any atom is -0.397 e. The van der Waals surface area contributed by atoms with Crippen LogP contribution in [0.25, 0.3) is 0 Å². The molecule has 1 amide bonds. The Morgan fingerprint density at radius 2 is 1.78 bits per heavy atom. The normalized spacial score (nSPS) is 15.5. The number of rotatable bonds is 7. The zero-order valence-corrected chi connectivity index (χ0v) is 18.8. The first-order chi connectivity index (χ1) is 15.4. The summed E-state index contributed by atoms with van der Waals surface area (Å²) in [6, 6.07) is 21.6. The minimum absolute atomic E-state index is 0.0213. The van der Waals surface area contributed by atoms with Gasteiger partial charge in [0.1, 0.15) is 0 Å². The van der Waals surface area contributed by atoms with Gasteiger partial charge < -0.3 is 11.1 Å². The predicted octanol–water partition coefficient (Wildman–Crippen LogP) is 4.36. The highest BCUT2D eigenvalue weighted by Gasteiger charge is 2.34. The van der Waals surface area contributed by atoms with Gasteiger partial charge in [-0.2, -0.15) is 4.31 Å². The molecule has 0 aromatic heterocycles. The zero-order chi connectivity index (χ0) is 22.7. The Morgan fingerprint density at radius 3 is 2.50 bits per heavy atom. The van der Waals surface area contributed by atoms with Gasteiger partial charge in [-0.05, 0) is 53.8 Å². The maximum Gasteiger partial charge on any atom is 0.255 e. The van der Waals surface area contributed by atoms with Crippen molar-refractivity contribution in [1.29, 1.82) is 0 Å². The van der Waals surface area contributed by atoms with Crippen molar-refractivity contribution in [3.63, 3.8) is 0 Å². The number of hydrogen-bond donors (Lipinski definition) is 2. The van der Waals surface area contributed by atoms with Crippen LogP contribution in [-0.2, 0) is 22.2 Å². The van der Waals surface area contributed by atoms with Crippen LogP contribution >= 0.6 is 0 Å². The number of aryl methyl sites for hydroxylation is 1. The Balaban J connectivity index is 1.54. The Kier molecular flexibility index (Phi) is 6.30. The van der Waals surface area contributed by atoms with Gasteiger partial charge in [-0.15, -0.1) is 0 Å². The smallest absolute Gasteiger partial charge is 0.255 e. The average molecular weight is 450 g/mol. The maximum absolute atomic E-state index is 13.2. The van der Waals surface area contributed by atoms with Crippen LogP contribution in [0.3, 0.4) is 0 Å². The molecule has 1 aliphatic rings. The fourth-order valence-corrected chi connectivity index (χ4v) is 6.10. The molecule has 0 fully saturated rings. The maximum atomic E-state index is 13.2. The summed E-state index contributed by atoms with van der Waals surface area (Å²) in [5, 5.41) is 2.84. The van der Waals surface area contributed by atoms with E-state index in [1.165, 1.54) is 0 Å². The van der Waals surface area contributed by atoms with Gasteiger partial charge in [0.05, 0.1) is 23.2 Å². The number of fused-ring (bicyclic) bond motifs is 1. The van der Waals surface area contributed by atoms with E-state index in [-0.39, 0.29) is 17.7 Å². The molecule has 3 aromatic carbocycles. The number of amides is 1. The summed E-state index contributed by atoms with van der Waals surface area (Å²) in [6.07, 6.45) is 1.43. The van der Waals surface area contributed by atoms with Crippen molar-refractivity contribution in [3.8, 4) is 0 Å². The fraction of sp³-hybridized carbons (Fsp3) is 0.240. The fourth-order valence-electron chi connectivity index (χ4n) is 4.32. The Hall–Kier alpha value is -3.16. The number of carbonyl (C=O) groups is 1. The molecule has 1 aliphatic carbocycles. The van der Waals surface area contributed by atoms with Crippen molar-refractivity contribution in [2.75, 3.05) is 17.6 Å². The van der Waals surface area contributed by atoms with Gasteiger partial charge >= 0.3 is 0 Å². The molecule has 1 atom stereocenters. The lowest BCUT2D eigenvalue weighted by Crippen LogP contribution is -2.34. The summed E-state index contributed by atoms with van der Waals surface area (Å²) in [5.74, 6) is -0.259. The molecule has 0 saturated carbocycles. The van der Waals surface area contributed by atoms with Gasteiger partial charge in [0.25, 0.3) is 5.91 Å². The second kappa shape index (κ2) is 9.14. The van der Waals surface area contributed by atoms with E-state index in [0.29, 0.717) is 29.9 Å². The monoisotopic (exact) mass is 449 g/mol. The first-order valence-corrected chi connectivity index (χ1v) is 12.3. The molecule has 3 N–H and O–H groups in total. The highest BCUT2D eigenvalue weighted by atomic mass is 32.2. The zero-order valence-electron chi connectivity index (χ0n) is 18.0. The molecular formula is C25H27N3O3S. The Morgan fingerprint density at radius 1 is 1.06 bits per heavy atom. The Labute approximate surface area is 189 Å². The molecule has 166 valence electrons. The molecule has 0 spiro atoms. The Bertz CT molecular complexity index is 1230. The minimum atomic E-state index is -3.48. The lowest BCUT2D eigenvalue weighted by atomic mass is 10.0. The highest BCUT2D eigenvalue weighted by molar-refractivity contribution is 7.88. The van der Waals surface area contributed by atoms with Crippen molar-refractivity contribution >= 4 is 27.3 Å². The standard InChI is InChI=1S/C25H27N3O3S/c1-2-28(32(30,31)17-18-8-4-3-5-9-18)24-15-13-19-16-20(12-14-21(19)24)25(29)27-23-11-7-6-10-22(23)26/h3-12,14,16,24H,2,13,15,17,26H2,1H3,(H,27,29). The number of sulfonamides is 1. The van der Waals surface area contributed by atoms with Gasteiger partial charge in [-0.25, -0.2) is 8.42 Å². The number of nitrogen functional groups attached to an aromatic ring is 1.